The normalized spacial score (nSPS) is 18.9. The topological polar surface area (TPSA) is 60.5 Å². The van der Waals surface area contributed by atoms with Gasteiger partial charge in [0.25, 0.3) is 0 Å². The Morgan fingerprint density at radius 3 is 3.21 bits per heavy atom. The van der Waals surface area contributed by atoms with Gasteiger partial charge in [-0.3, -0.25) is 0 Å². The third-order valence-corrected chi connectivity index (χ3v) is 3.23. The first-order valence-electron chi connectivity index (χ1n) is 6.69. The van der Waals surface area contributed by atoms with Gasteiger partial charge >= 0.3 is 5.97 Å². The number of nitrogens with zero attached hydrogens (tertiary/aromatic N) is 1. The molecule has 2 heterocycles. The smallest absolute Gasteiger partial charge is 0.338 e. The first-order valence-corrected chi connectivity index (χ1v) is 6.69. The number of hydrogen-bond acceptors (Lipinski definition) is 5. The lowest BCUT2D eigenvalue weighted by molar-refractivity contribution is 0.0134. The Morgan fingerprint density at radius 1 is 1.58 bits per heavy atom. The molecule has 0 amide bonds. The second-order valence-corrected chi connectivity index (χ2v) is 4.63. The van der Waals surface area contributed by atoms with Crippen molar-refractivity contribution in [2.24, 2.45) is 0 Å². The number of pyridine rings is 1. The third-order valence-electron chi connectivity index (χ3n) is 3.23. The van der Waals surface area contributed by atoms with Crippen LogP contribution < -0.4 is 5.32 Å². The van der Waals surface area contributed by atoms with Crippen LogP contribution in [0.15, 0.2) is 18.3 Å². The highest BCUT2D eigenvalue weighted by Crippen LogP contribution is 2.16. The van der Waals surface area contributed by atoms with Gasteiger partial charge in [-0.2, -0.15) is 0 Å². The van der Waals surface area contributed by atoms with Crippen molar-refractivity contribution >= 4 is 11.8 Å². The SMILES string of the molecule is COC(=O)c1ccnc(NCCC2CCCCO2)c1. The van der Waals surface area contributed by atoms with Crippen LogP contribution in [0.4, 0.5) is 5.82 Å². The van der Waals surface area contributed by atoms with Crippen molar-refractivity contribution in [3.8, 4) is 0 Å². The molecule has 1 aromatic heterocycles. The number of anilines is 1. The van der Waals surface area contributed by atoms with Crippen LogP contribution in [0.3, 0.4) is 0 Å². The molecule has 0 aromatic carbocycles. The number of rotatable bonds is 5. The van der Waals surface area contributed by atoms with Gasteiger partial charge in [0.05, 0.1) is 18.8 Å². The molecule has 2 rings (SSSR count). The summed E-state index contributed by atoms with van der Waals surface area (Å²) < 4.78 is 10.3. The minimum atomic E-state index is -0.346. The van der Waals surface area contributed by atoms with Crippen molar-refractivity contribution < 1.29 is 14.3 Å². The average molecular weight is 264 g/mol. The summed E-state index contributed by atoms with van der Waals surface area (Å²) in [5.74, 6) is 0.347. The van der Waals surface area contributed by atoms with Crippen molar-refractivity contribution in [1.82, 2.24) is 4.98 Å². The second-order valence-electron chi connectivity index (χ2n) is 4.63. The van der Waals surface area contributed by atoms with Crippen molar-refractivity contribution in [1.29, 1.82) is 0 Å². The standard InChI is InChI=1S/C14H20N2O3/c1-18-14(17)11-5-7-15-13(10-11)16-8-6-12-4-2-3-9-19-12/h5,7,10,12H,2-4,6,8-9H2,1H3,(H,15,16). The highest BCUT2D eigenvalue weighted by Gasteiger charge is 2.13. The fourth-order valence-electron chi connectivity index (χ4n) is 2.17. The van der Waals surface area contributed by atoms with E-state index in [1.165, 1.54) is 20.0 Å². The Morgan fingerprint density at radius 2 is 2.47 bits per heavy atom. The monoisotopic (exact) mass is 264 g/mol. The lowest BCUT2D eigenvalue weighted by atomic mass is 10.1. The molecule has 0 saturated carbocycles. The zero-order valence-corrected chi connectivity index (χ0v) is 11.2. The van der Waals surface area contributed by atoms with Gasteiger partial charge in [0.1, 0.15) is 5.82 Å². The van der Waals surface area contributed by atoms with Crippen LogP contribution in [-0.2, 0) is 9.47 Å². The van der Waals surface area contributed by atoms with Gasteiger partial charge in [-0.05, 0) is 37.8 Å². The zero-order chi connectivity index (χ0) is 13.5. The molecule has 1 aromatic rings. The van der Waals surface area contributed by atoms with Gasteiger partial charge in [-0.25, -0.2) is 9.78 Å². The average Bonchev–Trinajstić information content (AvgIpc) is 2.48. The molecule has 1 N–H and O–H groups in total. The number of aromatic nitrogens is 1. The first kappa shape index (κ1) is 13.8. The molecule has 1 aliphatic heterocycles. The molecule has 5 heteroatoms. The second kappa shape index (κ2) is 7.09. The summed E-state index contributed by atoms with van der Waals surface area (Å²) in [5, 5.41) is 3.21. The maximum absolute atomic E-state index is 11.4. The summed E-state index contributed by atoms with van der Waals surface area (Å²) in [6.07, 6.45) is 6.48. The van der Waals surface area contributed by atoms with Crippen molar-refractivity contribution in [2.45, 2.75) is 31.8 Å². The molecule has 0 radical (unpaired) electrons. The first-order chi connectivity index (χ1) is 9.29. The van der Waals surface area contributed by atoms with Crippen molar-refractivity contribution in [2.75, 3.05) is 25.6 Å². The van der Waals surface area contributed by atoms with Crippen LogP contribution in [0.1, 0.15) is 36.0 Å². The zero-order valence-electron chi connectivity index (χ0n) is 11.2. The van der Waals surface area contributed by atoms with Crippen molar-refractivity contribution in [3.05, 3.63) is 23.9 Å². The largest absolute Gasteiger partial charge is 0.465 e. The van der Waals surface area contributed by atoms with E-state index >= 15 is 0 Å². The lowest BCUT2D eigenvalue weighted by Crippen LogP contribution is -2.22. The van der Waals surface area contributed by atoms with E-state index in [0.717, 1.165) is 26.0 Å². The highest BCUT2D eigenvalue weighted by molar-refractivity contribution is 5.89. The van der Waals surface area contributed by atoms with E-state index in [2.05, 4.69) is 15.0 Å². The van der Waals surface area contributed by atoms with Crippen LogP contribution >= 0.6 is 0 Å². The minimum absolute atomic E-state index is 0.346. The number of carbonyl (C=O) groups is 1. The fraction of sp³-hybridized carbons (Fsp3) is 0.571. The van der Waals surface area contributed by atoms with Crippen molar-refractivity contribution in [3.63, 3.8) is 0 Å². The van der Waals surface area contributed by atoms with Gasteiger partial charge in [0.2, 0.25) is 0 Å². The molecule has 1 aliphatic rings. The molecule has 1 fully saturated rings. The number of ether oxygens (including phenoxy) is 2. The van der Waals surface area contributed by atoms with E-state index in [0.29, 0.717) is 17.5 Å². The number of esters is 1. The van der Waals surface area contributed by atoms with Crippen LogP contribution in [0.2, 0.25) is 0 Å². The predicted octanol–water partition coefficient (Wildman–Crippen LogP) is 2.24. The summed E-state index contributed by atoms with van der Waals surface area (Å²) in [4.78, 5) is 15.6. The Hall–Kier alpha value is -1.62. The number of hydrogen-bond donors (Lipinski definition) is 1. The Bertz CT molecular complexity index is 417. The molecule has 0 bridgehead atoms. The maximum Gasteiger partial charge on any atom is 0.338 e. The van der Waals surface area contributed by atoms with E-state index < -0.39 is 0 Å². The number of carbonyl (C=O) groups excluding carboxylic acids is 1. The molecule has 104 valence electrons. The summed E-state index contributed by atoms with van der Waals surface area (Å²) in [6, 6.07) is 3.34. The molecule has 1 unspecified atom stereocenters. The molecular weight excluding hydrogens is 244 g/mol. The van der Waals surface area contributed by atoms with E-state index in [1.54, 1.807) is 18.3 Å². The summed E-state index contributed by atoms with van der Waals surface area (Å²) in [7, 11) is 1.37. The summed E-state index contributed by atoms with van der Waals surface area (Å²) in [5.41, 5.74) is 0.508. The Labute approximate surface area is 113 Å². The van der Waals surface area contributed by atoms with E-state index in [9.17, 15) is 4.79 Å². The van der Waals surface area contributed by atoms with Crippen LogP contribution in [0.5, 0.6) is 0 Å². The quantitative estimate of drug-likeness (QED) is 0.826. The van der Waals surface area contributed by atoms with Gasteiger partial charge in [-0.15, -0.1) is 0 Å². The Kier molecular flexibility index (Phi) is 5.15. The lowest BCUT2D eigenvalue weighted by Gasteiger charge is -2.22. The fourth-order valence-corrected chi connectivity index (χ4v) is 2.17. The van der Waals surface area contributed by atoms with Crippen LogP contribution in [0.25, 0.3) is 0 Å². The van der Waals surface area contributed by atoms with Gasteiger partial charge in [0, 0.05) is 19.3 Å². The maximum atomic E-state index is 11.4. The molecule has 5 nitrogen and oxygen atoms in total. The summed E-state index contributed by atoms with van der Waals surface area (Å²) >= 11 is 0. The third kappa shape index (κ3) is 4.21. The molecule has 0 spiro atoms. The molecular formula is C14H20N2O3. The highest BCUT2D eigenvalue weighted by atomic mass is 16.5. The van der Waals surface area contributed by atoms with Gasteiger partial charge < -0.3 is 14.8 Å². The molecule has 1 saturated heterocycles. The van der Waals surface area contributed by atoms with E-state index in [4.69, 9.17) is 4.74 Å². The Balaban J connectivity index is 1.80. The molecule has 0 aliphatic carbocycles. The van der Waals surface area contributed by atoms with Crippen LogP contribution in [0, 0.1) is 0 Å². The minimum Gasteiger partial charge on any atom is -0.465 e. The van der Waals surface area contributed by atoms with E-state index in [1.807, 2.05) is 0 Å². The van der Waals surface area contributed by atoms with E-state index in [-0.39, 0.29) is 5.97 Å². The number of nitrogens with one attached hydrogen (secondary N) is 1. The molecule has 1 atom stereocenters. The number of methoxy groups -OCH3 is 1. The predicted molar refractivity (Wildman–Crippen MR) is 72.3 cm³/mol. The summed E-state index contributed by atoms with van der Waals surface area (Å²) in [6.45, 7) is 1.67. The van der Waals surface area contributed by atoms with Gasteiger partial charge in [0.15, 0.2) is 0 Å². The van der Waals surface area contributed by atoms with Crippen LogP contribution in [-0.4, -0.2) is 37.3 Å². The van der Waals surface area contributed by atoms with Gasteiger partial charge in [-0.1, -0.05) is 0 Å². The molecule has 19 heavy (non-hydrogen) atoms.